The third kappa shape index (κ3) is 4.52. The highest BCUT2D eigenvalue weighted by Gasteiger charge is 2.18. The molecular formula is C13H25NO2. The van der Waals surface area contributed by atoms with Crippen LogP contribution in [0.3, 0.4) is 0 Å². The lowest BCUT2D eigenvalue weighted by molar-refractivity contribution is -0.130. The number of rotatable bonds is 5. The Labute approximate surface area is 98.9 Å². The smallest absolute Gasteiger partial charge is 0.248 e. The molecule has 0 aromatic carbocycles. The maximum absolute atomic E-state index is 11.4. The number of carbonyl (C=O) groups is 1. The van der Waals surface area contributed by atoms with Gasteiger partial charge in [0.05, 0.1) is 0 Å². The van der Waals surface area contributed by atoms with Crippen LogP contribution in [0.4, 0.5) is 0 Å². The largest absolute Gasteiger partial charge is 0.372 e. The lowest BCUT2D eigenvalue weighted by Crippen LogP contribution is -2.35. The molecule has 0 aliphatic heterocycles. The second-order valence-corrected chi connectivity index (χ2v) is 5.08. The van der Waals surface area contributed by atoms with E-state index in [1.807, 2.05) is 0 Å². The van der Waals surface area contributed by atoms with E-state index in [0.717, 1.165) is 24.8 Å². The van der Waals surface area contributed by atoms with Gasteiger partial charge in [0.15, 0.2) is 0 Å². The summed E-state index contributed by atoms with van der Waals surface area (Å²) in [5, 5.41) is 2.93. The van der Waals surface area contributed by atoms with Gasteiger partial charge >= 0.3 is 0 Å². The van der Waals surface area contributed by atoms with Crippen molar-refractivity contribution in [3.05, 3.63) is 0 Å². The van der Waals surface area contributed by atoms with Gasteiger partial charge in [-0.1, -0.05) is 32.6 Å². The molecule has 0 radical (unpaired) electrons. The average Bonchev–Trinajstić information content (AvgIpc) is 2.30. The SMILES string of the molecule is COC(C)C(=O)NCCC1CCC(C)CC1. The third-order valence-electron chi connectivity index (χ3n) is 3.71. The van der Waals surface area contributed by atoms with Gasteiger partial charge in [0.2, 0.25) is 5.91 Å². The van der Waals surface area contributed by atoms with Crippen LogP contribution in [0, 0.1) is 11.8 Å². The van der Waals surface area contributed by atoms with Crippen LogP contribution >= 0.6 is 0 Å². The summed E-state index contributed by atoms with van der Waals surface area (Å²) in [5.41, 5.74) is 0. The van der Waals surface area contributed by atoms with E-state index in [2.05, 4.69) is 12.2 Å². The molecule has 0 aromatic rings. The summed E-state index contributed by atoms with van der Waals surface area (Å²) in [6, 6.07) is 0. The van der Waals surface area contributed by atoms with Crippen LogP contribution in [0.1, 0.15) is 46.0 Å². The fourth-order valence-corrected chi connectivity index (χ4v) is 2.27. The average molecular weight is 227 g/mol. The van der Waals surface area contributed by atoms with Gasteiger partial charge in [-0.15, -0.1) is 0 Å². The molecule has 16 heavy (non-hydrogen) atoms. The molecule has 94 valence electrons. The molecule has 3 nitrogen and oxygen atoms in total. The molecule has 0 bridgehead atoms. The molecule has 1 amide bonds. The van der Waals surface area contributed by atoms with E-state index in [1.54, 1.807) is 14.0 Å². The minimum Gasteiger partial charge on any atom is -0.372 e. The van der Waals surface area contributed by atoms with Crippen molar-refractivity contribution < 1.29 is 9.53 Å². The standard InChI is InChI=1S/C13H25NO2/c1-10-4-6-12(7-5-10)8-9-14-13(15)11(2)16-3/h10-12H,4-9H2,1-3H3,(H,14,15). The van der Waals surface area contributed by atoms with Crippen molar-refractivity contribution in [2.45, 2.75) is 52.1 Å². The zero-order chi connectivity index (χ0) is 12.0. The Morgan fingerprint density at radius 1 is 1.38 bits per heavy atom. The molecule has 1 fully saturated rings. The Kier molecular flexibility index (Phi) is 5.81. The van der Waals surface area contributed by atoms with Gasteiger partial charge in [0.25, 0.3) is 0 Å². The topological polar surface area (TPSA) is 38.3 Å². The Balaban J connectivity index is 2.09. The maximum atomic E-state index is 11.4. The van der Waals surface area contributed by atoms with Crippen LogP contribution in [0.5, 0.6) is 0 Å². The van der Waals surface area contributed by atoms with Crippen molar-refractivity contribution in [1.29, 1.82) is 0 Å². The van der Waals surface area contributed by atoms with Crippen LogP contribution in [0.15, 0.2) is 0 Å². The van der Waals surface area contributed by atoms with Gasteiger partial charge in [-0.2, -0.15) is 0 Å². The summed E-state index contributed by atoms with van der Waals surface area (Å²) in [7, 11) is 1.56. The Bertz CT molecular complexity index is 210. The van der Waals surface area contributed by atoms with Gasteiger partial charge in [-0.05, 0) is 25.2 Å². The Hall–Kier alpha value is -0.570. The Morgan fingerprint density at radius 3 is 2.56 bits per heavy atom. The van der Waals surface area contributed by atoms with Gasteiger partial charge in [0.1, 0.15) is 6.10 Å². The first-order chi connectivity index (χ1) is 7.63. The normalized spacial score (nSPS) is 27.4. The molecular weight excluding hydrogens is 202 g/mol. The van der Waals surface area contributed by atoms with Crippen LogP contribution in [-0.4, -0.2) is 25.7 Å². The van der Waals surface area contributed by atoms with Crippen molar-refractivity contribution in [3.8, 4) is 0 Å². The Morgan fingerprint density at radius 2 is 2.00 bits per heavy atom. The highest BCUT2D eigenvalue weighted by atomic mass is 16.5. The van der Waals surface area contributed by atoms with Crippen molar-refractivity contribution in [2.24, 2.45) is 11.8 Å². The van der Waals surface area contributed by atoms with E-state index in [4.69, 9.17) is 4.74 Å². The second kappa shape index (κ2) is 6.89. The van der Waals surface area contributed by atoms with E-state index in [-0.39, 0.29) is 12.0 Å². The molecule has 1 unspecified atom stereocenters. The molecule has 0 heterocycles. The first-order valence-electron chi connectivity index (χ1n) is 6.44. The maximum Gasteiger partial charge on any atom is 0.248 e. The third-order valence-corrected chi connectivity index (χ3v) is 3.71. The number of methoxy groups -OCH3 is 1. The zero-order valence-corrected chi connectivity index (χ0v) is 10.8. The molecule has 0 spiro atoms. The van der Waals surface area contributed by atoms with E-state index in [0.29, 0.717) is 0 Å². The minimum atomic E-state index is -0.327. The molecule has 1 aliphatic carbocycles. The number of carbonyl (C=O) groups excluding carboxylic acids is 1. The number of amides is 1. The fourth-order valence-electron chi connectivity index (χ4n) is 2.27. The van der Waals surface area contributed by atoms with Crippen molar-refractivity contribution >= 4 is 5.91 Å². The summed E-state index contributed by atoms with van der Waals surface area (Å²) in [4.78, 5) is 11.4. The summed E-state index contributed by atoms with van der Waals surface area (Å²) < 4.78 is 4.96. The highest BCUT2D eigenvalue weighted by Crippen LogP contribution is 2.29. The lowest BCUT2D eigenvalue weighted by Gasteiger charge is -2.26. The van der Waals surface area contributed by atoms with E-state index >= 15 is 0 Å². The van der Waals surface area contributed by atoms with Crippen LogP contribution in [-0.2, 0) is 9.53 Å². The van der Waals surface area contributed by atoms with Gasteiger partial charge in [-0.3, -0.25) is 4.79 Å². The van der Waals surface area contributed by atoms with Gasteiger partial charge in [-0.25, -0.2) is 0 Å². The van der Waals surface area contributed by atoms with Gasteiger partial charge < -0.3 is 10.1 Å². The quantitative estimate of drug-likeness (QED) is 0.783. The van der Waals surface area contributed by atoms with Crippen LogP contribution in [0.2, 0.25) is 0 Å². The molecule has 0 saturated heterocycles. The van der Waals surface area contributed by atoms with Gasteiger partial charge in [0, 0.05) is 13.7 Å². The number of ether oxygens (including phenoxy) is 1. The monoisotopic (exact) mass is 227 g/mol. The summed E-state index contributed by atoms with van der Waals surface area (Å²) in [6.45, 7) is 4.90. The van der Waals surface area contributed by atoms with Crippen molar-refractivity contribution in [1.82, 2.24) is 5.32 Å². The van der Waals surface area contributed by atoms with E-state index in [1.165, 1.54) is 25.7 Å². The molecule has 1 atom stereocenters. The summed E-state index contributed by atoms with van der Waals surface area (Å²) in [5.74, 6) is 1.72. The van der Waals surface area contributed by atoms with Crippen LogP contribution < -0.4 is 5.32 Å². The first kappa shape index (κ1) is 13.5. The molecule has 1 aliphatic rings. The summed E-state index contributed by atoms with van der Waals surface area (Å²) in [6.07, 6.45) is 6.16. The second-order valence-electron chi connectivity index (χ2n) is 5.08. The van der Waals surface area contributed by atoms with E-state index < -0.39 is 0 Å². The summed E-state index contributed by atoms with van der Waals surface area (Å²) >= 11 is 0. The highest BCUT2D eigenvalue weighted by molar-refractivity contribution is 5.80. The first-order valence-corrected chi connectivity index (χ1v) is 6.44. The molecule has 1 rings (SSSR count). The number of hydrogen-bond acceptors (Lipinski definition) is 2. The van der Waals surface area contributed by atoms with Crippen molar-refractivity contribution in [3.63, 3.8) is 0 Å². The van der Waals surface area contributed by atoms with Crippen molar-refractivity contribution in [2.75, 3.05) is 13.7 Å². The number of nitrogens with one attached hydrogen (secondary N) is 1. The zero-order valence-electron chi connectivity index (χ0n) is 10.8. The molecule has 0 aromatic heterocycles. The predicted octanol–water partition coefficient (Wildman–Crippen LogP) is 2.35. The lowest BCUT2D eigenvalue weighted by atomic mass is 9.81. The number of hydrogen-bond donors (Lipinski definition) is 1. The van der Waals surface area contributed by atoms with E-state index in [9.17, 15) is 4.79 Å². The fraction of sp³-hybridized carbons (Fsp3) is 0.923. The molecule has 1 N–H and O–H groups in total. The molecule has 1 saturated carbocycles. The molecule has 3 heteroatoms. The van der Waals surface area contributed by atoms with Crippen LogP contribution in [0.25, 0.3) is 0 Å². The predicted molar refractivity (Wildman–Crippen MR) is 65.2 cm³/mol. The minimum absolute atomic E-state index is 0.00618.